The highest BCUT2D eigenvalue weighted by molar-refractivity contribution is 6.36. The second-order valence-corrected chi connectivity index (χ2v) is 8.23. The molecule has 1 saturated heterocycles. The minimum atomic E-state index is -0.427. The molecule has 2 aromatic carbocycles. The number of nitrogens with zero attached hydrogens (tertiary/aromatic N) is 1. The second-order valence-electron chi connectivity index (χ2n) is 7.85. The summed E-state index contributed by atoms with van der Waals surface area (Å²) in [5.41, 5.74) is 0.904. The zero-order valence-electron chi connectivity index (χ0n) is 17.4. The van der Waals surface area contributed by atoms with Crippen LogP contribution in [0.3, 0.4) is 0 Å². The van der Waals surface area contributed by atoms with Crippen LogP contribution in [0.4, 0.5) is 0 Å². The summed E-state index contributed by atoms with van der Waals surface area (Å²) in [6.45, 7) is 3.57. The van der Waals surface area contributed by atoms with Crippen molar-refractivity contribution in [2.75, 3.05) is 40.0 Å². The Bertz CT molecular complexity index is 881. The first kappa shape index (κ1) is 21.4. The maximum absolute atomic E-state index is 13.2. The van der Waals surface area contributed by atoms with Crippen LogP contribution in [0.25, 0.3) is 10.8 Å². The number of methoxy groups -OCH3 is 1. The first-order chi connectivity index (χ1) is 14.7. The molecular weight excluding hydrogens is 404 g/mol. The van der Waals surface area contributed by atoms with Gasteiger partial charge in [-0.05, 0) is 24.5 Å². The highest BCUT2D eigenvalue weighted by Gasteiger charge is 2.37. The fourth-order valence-corrected chi connectivity index (χ4v) is 4.13. The van der Waals surface area contributed by atoms with E-state index in [1.165, 1.54) is 0 Å². The van der Waals surface area contributed by atoms with E-state index in [1.807, 2.05) is 35.2 Å². The lowest BCUT2D eigenvalue weighted by molar-refractivity contribution is -0.146. The number of rotatable bonds is 9. The van der Waals surface area contributed by atoms with Crippen LogP contribution in [0, 0.1) is 0 Å². The number of amides is 1. The van der Waals surface area contributed by atoms with Crippen LogP contribution in [-0.4, -0.2) is 63.0 Å². The molecule has 7 heteroatoms. The Kier molecular flexibility index (Phi) is 7.10. The smallest absolute Gasteiger partial charge is 0.253 e. The van der Waals surface area contributed by atoms with E-state index in [0.717, 1.165) is 47.9 Å². The first-order valence-corrected chi connectivity index (χ1v) is 11.0. The van der Waals surface area contributed by atoms with Gasteiger partial charge in [-0.25, -0.2) is 0 Å². The Morgan fingerprint density at radius 2 is 2.07 bits per heavy atom. The van der Waals surface area contributed by atoms with Crippen molar-refractivity contribution in [3.63, 3.8) is 0 Å². The highest BCUT2D eigenvalue weighted by atomic mass is 35.5. The molecule has 0 unspecified atom stereocenters. The topological polar surface area (TPSA) is 60.0 Å². The van der Waals surface area contributed by atoms with Gasteiger partial charge in [0.25, 0.3) is 5.91 Å². The molecule has 4 rings (SSSR count). The van der Waals surface area contributed by atoms with Crippen molar-refractivity contribution >= 4 is 28.3 Å². The quantitative estimate of drug-likeness (QED) is 0.615. The van der Waals surface area contributed by atoms with Crippen molar-refractivity contribution in [1.29, 1.82) is 0 Å². The molecule has 162 valence electrons. The molecule has 1 atom stereocenters. The minimum Gasteiger partial charge on any atom is -0.493 e. The summed E-state index contributed by atoms with van der Waals surface area (Å²) in [6.07, 6.45) is 2.43. The molecule has 1 amide bonds. The summed E-state index contributed by atoms with van der Waals surface area (Å²) in [7, 11) is 1.69. The monoisotopic (exact) mass is 432 g/mol. The molecule has 1 saturated carbocycles. The van der Waals surface area contributed by atoms with Crippen LogP contribution in [0.1, 0.15) is 24.8 Å². The summed E-state index contributed by atoms with van der Waals surface area (Å²) in [6, 6.07) is 10.2. The van der Waals surface area contributed by atoms with Gasteiger partial charge in [0.1, 0.15) is 11.9 Å². The Morgan fingerprint density at radius 1 is 1.27 bits per heavy atom. The molecule has 0 radical (unpaired) electrons. The number of hydrogen-bond donors (Lipinski definition) is 1. The maximum Gasteiger partial charge on any atom is 0.253 e. The molecule has 0 spiro atoms. The van der Waals surface area contributed by atoms with Crippen molar-refractivity contribution in [2.45, 2.75) is 38.0 Å². The molecule has 2 fully saturated rings. The number of halogens is 1. The van der Waals surface area contributed by atoms with Crippen LogP contribution in [-0.2, 0) is 20.8 Å². The van der Waals surface area contributed by atoms with E-state index in [0.29, 0.717) is 37.9 Å². The Labute approximate surface area is 182 Å². The molecule has 6 nitrogen and oxygen atoms in total. The third-order valence-electron chi connectivity index (χ3n) is 5.58. The standard InChI is InChI=1S/C23H29ClN2O4/c1-28-10-4-11-29-20-13-16(22(24)19-6-3-2-5-18(19)20)15-26(17-7-8-17)23(27)21-14-25-9-12-30-21/h2-3,5-6,13,17,21,25H,4,7-12,14-15H2,1H3/t21-/m1/s1. The average Bonchev–Trinajstić information content (AvgIpc) is 3.63. The SMILES string of the molecule is COCCCOc1cc(CN(C(=O)[C@H]2CNCCO2)C2CC2)c(Cl)c2ccccc12. The van der Waals surface area contributed by atoms with E-state index in [1.54, 1.807) is 7.11 Å². The van der Waals surface area contributed by atoms with Gasteiger partial charge < -0.3 is 24.4 Å². The number of carbonyl (C=O) groups is 1. The van der Waals surface area contributed by atoms with E-state index in [4.69, 9.17) is 25.8 Å². The van der Waals surface area contributed by atoms with E-state index in [9.17, 15) is 4.79 Å². The highest BCUT2D eigenvalue weighted by Crippen LogP contribution is 2.37. The number of nitrogens with one attached hydrogen (secondary N) is 1. The molecule has 1 heterocycles. The van der Waals surface area contributed by atoms with Gasteiger partial charge in [-0.3, -0.25) is 4.79 Å². The van der Waals surface area contributed by atoms with Crippen molar-refractivity contribution in [1.82, 2.24) is 10.2 Å². The molecule has 1 aliphatic heterocycles. The zero-order valence-corrected chi connectivity index (χ0v) is 18.1. The van der Waals surface area contributed by atoms with Crippen LogP contribution in [0.15, 0.2) is 30.3 Å². The van der Waals surface area contributed by atoms with Crippen LogP contribution in [0.2, 0.25) is 5.02 Å². The molecule has 0 bridgehead atoms. The van der Waals surface area contributed by atoms with Crippen molar-refractivity contribution < 1.29 is 19.0 Å². The number of ether oxygens (including phenoxy) is 3. The van der Waals surface area contributed by atoms with Gasteiger partial charge in [0.2, 0.25) is 0 Å². The lowest BCUT2D eigenvalue weighted by Gasteiger charge is -2.30. The number of morpholine rings is 1. The van der Waals surface area contributed by atoms with Gasteiger partial charge in [-0.2, -0.15) is 0 Å². The van der Waals surface area contributed by atoms with Gasteiger partial charge in [0.05, 0.1) is 18.2 Å². The van der Waals surface area contributed by atoms with Gasteiger partial charge in [-0.15, -0.1) is 0 Å². The molecule has 0 aromatic heterocycles. The van der Waals surface area contributed by atoms with Gasteiger partial charge >= 0.3 is 0 Å². The predicted octanol–water partition coefficient (Wildman–Crippen LogP) is 3.39. The lowest BCUT2D eigenvalue weighted by atomic mass is 10.0. The third-order valence-corrected chi connectivity index (χ3v) is 6.03. The minimum absolute atomic E-state index is 0.0384. The Morgan fingerprint density at radius 3 is 2.77 bits per heavy atom. The van der Waals surface area contributed by atoms with Crippen LogP contribution >= 0.6 is 11.6 Å². The van der Waals surface area contributed by atoms with E-state index in [-0.39, 0.29) is 11.9 Å². The normalized spacial score (nSPS) is 19.1. The summed E-state index contributed by atoms with van der Waals surface area (Å²) in [4.78, 5) is 15.1. The number of benzene rings is 2. The van der Waals surface area contributed by atoms with Crippen molar-refractivity contribution in [3.05, 3.63) is 40.9 Å². The number of carbonyl (C=O) groups excluding carboxylic acids is 1. The van der Waals surface area contributed by atoms with Gasteiger partial charge in [0.15, 0.2) is 0 Å². The maximum atomic E-state index is 13.2. The summed E-state index contributed by atoms with van der Waals surface area (Å²) in [5.74, 6) is 0.830. The summed E-state index contributed by atoms with van der Waals surface area (Å²) in [5, 5.41) is 5.84. The van der Waals surface area contributed by atoms with Gasteiger partial charge in [0, 0.05) is 56.6 Å². The summed E-state index contributed by atoms with van der Waals surface area (Å²) < 4.78 is 16.9. The molecule has 1 N–H and O–H groups in total. The van der Waals surface area contributed by atoms with Crippen LogP contribution in [0.5, 0.6) is 5.75 Å². The molecule has 2 aliphatic rings. The van der Waals surface area contributed by atoms with Gasteiger partial charge in [-0.1, -0.05) is 35.9 Å². The van der Waals surface area contributed by atoms with E-state index >= 15 is 0 Å². The Balaban J connectivity index is 1.60. The van der Waals surface area contributed by atoms with Crippen molar-refractivity contribution in [3.8, 4) is 5.75 Å². The molecule has 1 aliphatic carbocycles. The second kappa shape index (κ2) is 9.96. The lowest BCUT2D eigenvalue weighted by Crippen LogP contribution is -2.49. The van der Waals surface area contributed by atoms with Crippen LogP contribution < -0.4 is 10.1 Å². The molecular formula is C23H29ClN2O4. The largest absolute Gasteiger partial charge is 0.493 e. The number of fused-ring (bicyclic) bond motifs is 1. The molecule has 2 aromatic rings. The predicted molar refractivity (Wildman–Crippen MR) is 117 cm³/mol. The van der Waals surface area contributed by atoms with Crippen molar-refractivity contribution in [2.24, 2.45) is 0 Å². The fraction of sp³-hybridized carbons (Fsp3) is 0.522. The Hall–Kier alpha value is -1.86. The number of hydrogen-bond acceptors (Lipinski definition) is 5. The third kappa shape index (κ3) is 4.89. The first-order valence-electron chi connectivity index (χ1n) is 10.6. The average molecular weight is 433 g/mol. The van der Waals surface area contributed by atoms with E-state index in [2.05, 4.69) is 5.32 Å². The zero-order chi connectivity index (χ0) is 20.9. The fourth-order valence-electron chi connectivity index (χ4n) is 3.85. The molecule has 30 heavy (non-hydrogen) atoms. The van der Waals surface area contributed by atoms with E-state index < -0.39 is 6.10 Å². The summed E-state index contributed by atoms with van der Waals surface area (Å²) >= 11 is 6.80.